The van der Waals surface area contributed by atoms with E-state index in [0.29, 0.717) is 5.69 Å². The second-order valence-electron chi connectivity index (χ2n) is 2.65. The minimum atomic E-state index is -2.49. The van der Waals surface area contributed by atoms with Crippen molar-refractivity contribution < 1.29 is 8.78 Å². The molecule has 1 aromatic heterocycles. The summed E-state index contributed by atoms with van der Waals surface area (Å²) in [5, 5.41) is 6.27. The van der Waals surface area contributed by atoms with Crippen molar-refractivity contribution in [3.63, 3.8) is 0 Å². The van der Waals surface area contributed by atoms with Crippen LogP contribution in [0.3, 0.4) is 0 Å². The lowest BCUT2D eigenvalue weighted by atomic mass is 10.3. The minimum absolute atomic E-state index is 0.0365. The summed E-state index contributed by atoms with van der Waals surface area (Å²) in [6, 6.07) is 0. The summed E-state index contributed by atoms with van der Waals surface area (Å²) in [5.74, 6) is -3.11. The van der Waals surface area contributed by atoms with Crippen LogP contribution >= 0.6 is 22.6 Å². The maximum atomic E-state index is 12.5. The highest BCUT2D eigenvalue weighted by molar-refractivity contribution is 14.1. The second-order valence-corrected chi connectivity index (χ2v) is 3.81. The molecular formula is C6H5F2IN2. The molecule has 11 heavy (non-hydrogen) atoms. The summed E-state index contributed by atoms with van der Waals surface area (Å²) in [6.45, 7) is 0. The van der Waals surface area contributed by atoms with Crippen LogP contribution in [0, 0.1) is 3.57 Å². The Morgan fingerprint density at radius 2 is 2.36 bits per heavy atom. The molecule has 0 spiro atoms. The van der Waals surface area contributed by atoms with E-state index in [4.69, 9.17) is 0 Å². The average Bonchev–Trinajstić information content (AvgIpc) is 2.38. The van der Waals surface area contributed by atoms with Gasteiger partial charge in [0.25, 0.3) is 5.92 Å². The lowest BCUT2D eigenvalue weighted by molar-refractivity contribution is 0.111. The van der Waals surface area contributed by atoms with Crippen molar-refractivity contribution >= 4 is 22.6 Å². The molecule has 0 radical (unpaired) electrons. The molecule has 1 aliphatic carbocycles. The van der Waals surface area contributed by atoms with Crippen molar-refractivity contribution in [2.45, 2.75) is 18.3 Å². The van der Waals surface area contributed by atoms with Gasteiger partial charge in [0.2, 0.25) is 0 Å². The van der Waals surface area contributed by atoms with E-state index in [2.05, 4.69) is 10.2 Å². The van der Waals surface area contributed by atoms with Crippen LogP contribution in [0.4, 0.5) is 8.78 Å². The van der Waals surface area contributed by atoms with E-state index >= 15 is 0 Å². The molecule has 1 unspecified atom stereocenters. The van der Waals surface area contributed by atoms with Gasteiger partial charge in [0.15, 0.2) is 0 Å². The first-order chi connectivity index (χ1) is 5.11. The van der Waals surface area contributed by atoms with E-state index in [0.717, 1.165) is 3.57 Å². The molecule has 0 saturated heterocycles. The van der Waals surface area contributed by atoms with Crippen LogP contribution in [-0.2, 0) is 0 Å². The Labute approximate surface area is 75.5 Å². The van der Waals surface area contributed by atoms with Crippen LogP contribution in [0.15, 0.2) is 6.20 Å². The van der Waals surface area contributed by atoms with Crippen LogP contribution in [-0.4, -0.2) is 16.1 Å². The largest absolute Gasteiger partial charge is 0.281 e. The van der Waals surface area contributed by atoms with Crippen molar-refractivity contribution in [3.05, 3.63) is 15.5 Å². The second kappa shape index (κ2) is 2.15. The van der Waals surface area contributed by atoms with Gasteiger partial charge >= 0.3 is 0 Å². The van der Waals surface area contributed by atoms with Gasteiger partial charge in [0, 0.05) is 6.42 Å². The Morgan fingerprint density at radius 1 is 1.73 bits per heavy atom. The fourth-order valence-electron chi connectivity index (χ4n) is 1.05. The molecular weight excluding hydrogens is 265 g/mol. The first kappa shape index (κ1) is 7.45. The zero-order valence-electron chi connectivity index (χ0n) is 5.44. The van der Waals surface area contributed by atoms with E-state index in [1.54, 1.807) is 6.20 Å². The van der Waals surface area contributed by atoms with Crippen molar-refractivity contribution in [3.8, 4) is 0 Å². The van der Waals surface area contributed by atoms with Gasteiger partial charge in [-0.1, -0.05) is 0 Å². The lowest BCUT2D eigenvalue weighted by Gasteiger charge is -1.93. The molecule has 0 bridgehead atoms. The lowest BCUT2D eigenvalue weighted by Crippen LogP contribution is -1.94. The summed E-state index contributed by atoms with van der Waals surface area (Å²) in [7, 11) is 0. The van der Waals surface area contributed by atoms with Gasteiger partial charge in [0.1, 0.15) is 0 Å². The van der Waals surface area contributed by atoms with Gasteiger partial charge < -0.3 is 0 Å². The summed E-state index contributed by atoms with van der Waals surface area (Å²) in [5.41, 5.74) is 0.579. The number of hydrogen-bond donors (Lipinski definition) is 1. The van der Waals surface area contributed by atoms with Crippen molar-refractivity contribution in [1.29, 1.82) is 0 Å². The van der Waals surface area contributed by atoms with Crippen molar-refractivity contribution in [1.82, 2.24) is 10.2 Å². The van der Waals surface area contributed by atoms with Crippen LogP contribution in [0.5, 0.6) is 0 Å². The predicted molar refractivity (Wildman–Crippen MR) is 43.6 cm³/mol. The van der Waals surface area contributed by atoms with E-state index < -0.39 is 11.8 Å². The Morgan fingerprint density at radius 3 is 2.73 bits per heavy atom. The predicted octanol–water partition coefficient (Wildman–Crippen LogP) is 2.14. The van der Waals surface area contributed by atoms with Crippen molar-refractivity contribution in [2.24, 2.45) is 0 Å². The zero-order chi connectivity index (χ0) is 8.06. The van der Waals surface area contributed by atoms with Crippen LogP contribution < -0.4 is 0 Å². The molecule has 1 saturated carbocycles. The molecule has 0 amide bonds. The maximum absolute atomic E-state index is 12.5. The molecule has 60 valence electrons. The van der Waals surface area contributed by atoms with Gasteiger partial charge in [-0.05, 0) is 22.6 Å². The molecule has 1 fully saturated rings. The molecule has 0 aliphatic heterocycles. The molecule has 1 N–H and O–H groups in total. The Balaban J connectivity index is 2.27. The minimum Gasteiger partial charge on any atom is -0.281 e. The monoisotopic (exact) mass is 270 g/mol. The molecule has 5 heteroatoms. The highest BCUT2D eigenvalue weighted by Gasteiger charge is 2.59. The third-order valence-corrected chi connectivity index (χ3v) is 2.65. The third-order valence-electron chi connectivity index (χ3n) is 1.79. The molecule has 2 rings (SSSR count). The van der Waals surface area contributed by atoms with E-state index in [1.807, 2.05) is 22.6 Å². The Kier molecular flexibility index (Phi) is 1.45. The van der Waals surface area contributed by atoms with Gasteiger partial charge in [-0.15, -0.1) is 0 Å². The van der Waals surface area contributed by atoms with Crippen LogP contribution in [0.1, 0.15) is 18.0 Å². The first-order valence-corrected chi connectivity index (χ1v) is 4.26. The van der Waals surface area contributed by atoms with Gasteiger partial charge in [-0.2, -0.15) is 5.10 Å². The van der Waals surface area contributed by atoms with Gasteiger partial charge in [0.05, 0.1) is 21.4 Å². The number of hydrogen-bond acceptors (Lipinski definition) is 1. The molecule has 1 aromatic rings. The van der Waals surface area contributed by atoms with Crippen molar-refractivity contribution in [2.75, 3.05) is 0 Å². The van der Waals surface area contributed by atoms with Crippen LogP contribution in [0.2, 0.25) is 0 Å². The smallest absolute Gasteiger partial charge is 0.257 e. The highest BCUT2D eigenvalue weighted by Crippen LogP contribution is 2.55. The number of rotatable bonds is 1. The average molecular weight is 270 g/mol. The SMILES string of the molecule is FC1(F)CC1c1[nH]ncc1I. The molecule has 1 aliphatic rings. The summed E-state index contributed by atoms with van der Waals surface area (Å²) in [4.78, 5) is 0. The number of aromatic nitrogens is 2. The first-order valence-electron chi connectivity index (χ1n) is 3.18. The summed E-state index contributed by atoms with van der Waals surface area (Å²) >= 11 is 2.00. The normalized spacial score (nSPS) is 27.0. The third kappa shape index (κ3) is 1.15. The number of nitrogens with zero attached hydrogens (tertiary/aromatic N) is 1. The number of halogens is 3. The Bertz CT molecular complexity index is 284. The topological polar surface area (TPSA) is 28.7 Å². The number of alkyl halides is 2. The fourth-order valence-corrected chi connectivity index (χ4v) is 1.69. The number of nitrogens with one attached hydrogen (secondary N) is 1. The quantitative estimate of drug-likeness (QED) is 0.778. The fraction of sp³-hybridized carbons (Fsp3) is 0.500. The molecule has 2 nitrogen and oxygen atoms in total. The maximum Gasteiger partial charge on any atom is 0.257 e. The Hall–Kier alpha value is -0.200. The van der Waals surface area contributed by atoms with Crippen LogP contribution in [0.25, 0.3) is 0 Å². The van der Waals surface area contributed by atoms with Gasteiger partial charge in [-0.25, -0.2) is 8.78 Å². The van der Waals surface area contributed by atoms with Gasteiger partial charge in [-0.3, -0.25) is 5.10 Å². The number of H-pyrrole nitrogens is 1. The highest BCUT2D eigenvalue weighted by atomic mass is 127. The van der Waals surface area contributed by atoms with E-state index in [1.165, 1.54) is 0 Å². The zero-order valence-corrected chi connectivity index (χ0v) is 7.60. The number of aromatic amines is 1. The summed E-state index contributed by atoms with van der Waals surface area (Å²) in [6.07, 6.45) is 1.52. The molecule has 0 aromatic carbocycles. The standard InChI is InChI=1S/C6H5F2IN2/c7-6(8)1-3(6)5-4(9)2-10-11-5/h2-3H,1H2,(H,10,11). The molecule has 1 atom stereocenters. The molecule has 1 heterocycles. The van der Waals surface area contributed by atoms with E-state index in [9.17, 15) is 8.78 Å². The van der Waals surface area contributed by atoms with E-state index in [-0.39, 0.29) is 6.42 Å². The summed E-state index contributed by atoms with van der Waals surface area (Å²) < 4.78 is 25.8.